The molecule has 21 heavy (non-hydrogen) atoms. The van der Waals surface area contributed by atoms with Crippen molar-refractivity contribution in [1.82, 2.24) is 15.6 Å². The van der Waals surface area contributed by atoms with Gasteiger partial charge in [0.05, 0.1) is 0 Å². The largest absolute Gasteiger partial charge is 0.357 e. The van der Waals surface area contributed by atoms with E-state index < -0.39 is 0 Å². The summed E-state index contributed by atoms with van der Waals surface area (Å²) in [6.45, 7) is 9.18. The quantitative estimate of drug-likeness (QED) is 0.397. The highest BCUT2D eigenvalue weighted by molar-refractivity contribution is 14.0. The van der Waals surface area contributed by atoms with Gasteiger partial charge in [0, 0.05) is 37.9 Å². The molecule has 0 fully saturated rings. The SMILES string of the molecule is CCNC(=NCC(CC)CC)NCCc1ccccn1.I. The molecule has 0 radical (unpaired) electrons. The Bertz CT molecular complexity index is 377. The van der Waals surface area contributed by atoms with Gasteiger partial charge in [-0.1, -0.05) is 32.8 Å². The van der Waals surface area contributed by atoms with Gasteiger partial charge < -0.3 is 10.6 Å². The summed E-state index contributed by atoms with van der Waals surface area (Å²) >= 11 is 0. The predicted octanol–water partition coefficient (Wildman–Crippen LogP) is 3.23. The number of aromatic nitrogens is 1. The lowest BCUT2D eigenvalue weighted by Gasteiger charge is -2.13. The van der Waals surface area contributed by atoms with Crippen LogP contribution in [0.15, 0.2) is 29.4 Å². The number of rotatable bonds is 8. The van der Waals surface area contributed by atoms with Gasteiger partial charge in [0.2, 0.25) is 0 Å². The van der Waals surface area contributed by atoms with E-state index in [0.29, 0.717) is 5.92 Å². The van der Waals surface area contributed by atoms with Gasteiger partial charge in [-0.2, -0.15) is 0 Å². The van der Waals surface area contributed by atoms with Crippen molar-refractivity contribution in [2.75, 3.05) is 19.6 Å². The minimum atomic E-state index is 0. The van der Waals surface area contributed by atoms with Crippen LogP contribution < -0.4 is 10.6 Å². The Morgan fingerprint density at radius 1 is 1.19 bits per heavy atom. The molecule has 1 aromatic rings. The summed E-state index contributed by atoms with van der Waals surface area (Å²) in [5.41, 5.74) is 1.11. The number of aliphatic imine (C=N–C) groups is 1. The summed E-state index contributed by atoms with van der Waals surface area (Å²) in [6, 6.07) is 6.02. The first kappa shape index (κ1) is 20.1. The molecule has 0 unspecified atom stereocenters. The van der Waals surface area contributed by atoms with Gasteiger partial charge in [0.1, 0.15) is 0 Å². The van der Waals surface area contributed by atoms with Crippen LogP contribution >= 0.6 is 24.0 Å². The zero-order valence-corrected chi connectivity index (χ0v) is 15.8. The second kappa shape index (κ2) is 12.9. The first-order valence-electron chi connectivity index (χ1n) is 7.72. The minimum absolute atomic E-state index is 0. The zero-order valence-electron chi connectivity index (χ0n) is 13.4. The number of nitrogens with one attached hydrogen (secondary N) is 2. The first-order valence-corrected chi connectivity index (χ1v) is 7.72. The smallest absolute Gasteiger partial charge is 0.191 e. The fourth-order valence-electron chi connectivity index (χ4n) is 1.96. The molecule has 1 aromatic heterocycles. The molecule has 0 amide bonds. The third-order valence-corrected chi connectivity index (χ3v) is 3.41. The van der Waals surface area contributed by atoms with Crippen LogP contribution in [0.4, 0.5) is 0 Å². The van der Waals surface area contributed by atoms with Gasteiger partial charge in [0.25, 0.3) is 0 Å². The molecule has 0 saturated carbocycles. The Hall–Kier alpha value is -0.850. The molecular weight excluding hydrogens is 375 g/mol. The summed E-state index contributed by atoms with van der Waals surface area (Å²) < 4.78 is 0. The predicted molar refractivity (Wildman–Crippen MR) is 101 cm³/mol. The summed E-state index contributed by atoms with van der Waals surface area (Å²) in [7, 11) is 0. The molecule has 120 valence electrons. The Labute approximate surface area is 146 Å². The second-order valence-corrected chi connectivity index (χ2v) is 4.90. The van der Waals surface area contributed by atoms with Gasteiger partial charge >= 0.3 is 0 Å². The summed E-state index contributed by atoms with van der Waals surface area (Å²) in [5, 5.41) is 6.66. The van der Waals surface area contributed by atoms with Crippen molar-refractivity contribution in [3.8, 4) is 0 Å². The Balaban J connectivity index is 0.00000400. The van der Waals surface area contributed by atoms with Crippen molar-refractivity contribution >= 4 is 29.9 Å². The van der Waals surface area contributed by atoms with Gasteiger partial charge in [-0.15, -0.1) is 24.0 Å². The number of nitrogens with zero attached hydrogens (tertiary/aromatic N) is 2. The molecule has 5 heteroatoms. The van der Waals surface area contributed by atoms with Crippen molar-refractivity contribution in [2.45, 2.75) is 40.0 Å². The molecule has 0 bridgehead atoms. The van der Waals surface area contributed by atoms with Crippen molar-refractivity contribution in [2.24, 2.45) is 10.9 Å². The van der Waals surface area contributed by atoms with Gasteiger partial charge in [-0.3, -0.25) is 9.98 Å². The van der Waals surface area contributed by atoms with E-state index in [-0.39, 0.29) is 24.0 Å². The standard InChI is InChI=1S/C16H28N4.HI/c1-4-14(5-2)13-20-16(17-6-3)19-12-10-15-9-7-8-11-18-15;/h7-9,11,14H,4-6,10,12-13H2,1-3H3,(H2,17,19,20);1H. The normalized spacial score (nSPS) is 11.1. The topological polar surface area (TPSA) is 49.3 Å². The number of pyridine rings is 1. The molecule has 0 aliphatic carbocycles. The summed E-state index contributed by atoms with van der Waals surface area (Å²) in [6.07, 6.45) is 5.12. The molecule has 0 spiro atoms. The highest BCUT2D eigenvalue weighted by atomic mass is 127. The number of halogens is 1. The summed E-state index contributed by atoms with van der Waals surface area (Å²) in [4.78, 5) is 8.98. The Morgan fingerprint density at radius 3 is 2.52 bits per heavy atom. The van der Waals surface area contributed by atoms with E-state index in [0.717, 1.165) is 37.7 Å². The van der Waals surface area contributed by atoms with Crippen molar-refractivity contribution in [3.05, 3.63) is 30.1 Å². The zero-order chi connectivity index (χ0) is 14.6. The average Bonchev–Trinajstić information content (AvgIpc) is 2.49. The van der Waals surface area contributed by atoms with E-state index in [1.54, 1.807) is 0 Å². The van der Waals surface area contributed by atoms with Crippen LogP contribution in [0.2, 0.25) is 0 Å². The first-order chi connectivity index (χ1) is 9.80. The maximum atomic E-state index is 4.66. The highest BCUT2D eigenvalue weighted by Gasteiger charge is 2.03. The Kier molecular flexibility index (Phi) is 12.3. The van der Waals surface area contributed by atoms with E-state index in [1.807, 2.05) is 18.3 Å². The second-order valence-electron chi connectivity index (χ2n) is 4.90. The van der Waals surface area contributed by atoms with Gasteiger partial charge in [-0.25, -0.2) is 0 Å². The number of guanidine groups is 1. The molecule has 0 saturated heterocycles. The lowest BCUT2D eigenvalue weighted by Crippen LogP contribution is -2.38. The van der Waals surface area contributed by atoms with Crippen LogP contribution in [0.5, 0.6) is 0 Å². The van der Waals surface area contributed by atoms with E-state index in [2.05, 4.69) is 47.4 Å². The average molecular weight is 404 g/mol. The van der Waals surface area contributed by atoms with Crippen LogP contribution in [0, 0.1) is 5.92 Å². The lowest BCUT2D eigenvalue weighted by molar-refractivity contribution is 0.504. The molecule has 2 N–H and O–H groups in total. The van der Waals surface area contributed by atoms with Crippen molar-refractivity contribution in [3.63, 3.8) is 0 Å². The fraction of sp³-hybridized carbons (Fsp3) is 0.625. The molecule has 4 nitrogen and oxygen atoms in total. The van der Waals surface area contributed by atoms with Crippen molar-refractivity contribution in [1.29, 1.82) is 0 Å². The molecule has 0 atom stereocenters. The number of hydrogen-bond acceptors (Lipinski definition) is 2. The maximum absolute atomic E-state index is 4.66. The van der Waals surface area contributed by atoms with Crippen LogP contribution in [-0.2, 0) is 6.42 Å². The van der Waals surface area contributed by atoms with Crippen LogP contribution in [0.3, 0.4) is 0 Å². The molecule has 0 aliphatic rings. The Morgan fingerprint density at radius 2 is 1.95 bits per heavy atom. The van der Waals surface area contributed by atoms with E-state index >= 15 is 0 Å². The molecule has 0 aromatic carbocycles. The third kappa shape index (κ3) is 8.90. The van der Waals surface area contributed by atoms with Crippen LogP contribution in [-0.4, -0.2) is 30.6 Å². The van der Waals surface area contributed by atoms with Gasteiger partial charge in [0.15, 0.2) is 5.96 Å². The fourth-order valence-corrected chi connectivity index (χ4v) is 1.96. The van der Waals surface area contributed by atoms with E-state index in [4.69, 9.17) is 0 Å². The molecule has 1 rings (SSSR count). The van der Waals surface area contributed by atoms with E-state index in [1.165, 1.54) is 12.8 Å². The molecule has 0 aliphatic heterocycles. The summed E-state index contributed by atoms with van der Waals surface area (Å²) in [5.74, 6) is 1.59. The lowest BCUT2D eigenvalue weighted by atomic mass is 10.0. The van der Waals surface area contributed by atoms with Crippen LogP contribution in [0.1, 0.15) is 39.3 Å². The van der Waals surface area contributed by atoms with Crippen LogP contribution in [0.25, 0.3) is 0 Å². The monoisotopic (exact) mass is 404 g/mol. The third-order valence-electron chi connectivity index (χ3n) is 3.41. The molecule has 1 heterocycles. The number of hydrogen-bond donors (Lipinski definition) is 2. The minimum Gasteiger partial charge on any atom is -0.357 e. The van der Waals surface area contributed by atoms with E-state index in [9.17, 15) is 0 Å². The van der Waals surface area contributed by atoms with Crippen molar-refractivity contribution < 1.29 is 0 Å². The molecular formula is C16H29IN4. The highest BCUT2D eigenvalue weighted by Crippen LogP contribution is 2.07. The van der Waals surface area contributed by atoms with Gasteiger partial charge in [-0.05, 0) is 25.0 Å². The maximum Gasteiger partial charge on any atom is 0.191 e.